The van der Waals surface area contributed by atoms with E-state index in [0.717, 1.165) is 25.9 Å². The topological polar surface area (TPSA) is 88.4 Å². The second-order valence-electron chi connectivity index (χ2n) is 6.25. The van der Waals surface area contributed by atoms with Gasteiger partial charge in [0.1, 0.15) is 0 Å². The minimum absolute atomic E-state index is 0.0732. The van der Waals surface area contributed by atoms with E-state index in [4.69, 9.17) is 4.42 Å². The highest BCUT2D eigenvalue weighted by Crippen LogP contribution is 2.20. The maximum absolute atomic E-state index is 12.5. The summed E-state index contributed by atoms with van der Waals surface area (Å²) in [6.07, 6.45) is 3.37. The molecule has 1 aromatic heterocycles. The van der Waals surface area contributed by atoms with Gasteiger partial charge in [-0.2, -0.15) is 0 Å². The van der Waals surface area contributed by atoms with Crippen LogP contribution in [0.15, 0.2) is 52.0 Å². The van der Waals surface area contributed by atoms with Crippen molar-refractivity contribution in [2.75, 3.05) is 19.6 Å². The highest BCUT2D eigenvalue weighted by atomic mass is 32.2. The van der Waals surface area contributed by atoms with Gasteiger partial charge in [-0.1, -0.05) is 18.2 Å². The Bertz CT molecular complexity index is 809. The molecular weight excluding hydrogens is 340 g/mol. The second kappa shape index (κ2) is 7.84. The largest absolute Gasteiger partial charge is 0.459 e. The van der Waals surface area contributed by atoms with Gasteiger partial charge < -0.3 is 15.1 Å². The average molecular weight is 362 g/mol. The molecule has 2 heterocycles. The smallest absolute Gasteiger partial charge is 0.287 e. The maximum atomic E-state index is 12.5. The van der Waals surface area contributed by atoms with Crippen molar-refractivity contribution in [1.82, 2.24) is 10.6 Å². The van der Waals surface area contributed by atoms with Gasteiger partial charge in [-0.3, -0.25) is 4.79 Å². The number of carbonyl (C=O) groups excluding carboxylic acids is 1. The van der Waals surface area contributed by atoms with Crippen LogP contribution in [0.3, 0.4) is 0 Å². The molecule has 1 saturated heterocycles. The molecule has 2 aromatic rings. The van der Waals surface area contributed by atoms with Crippen LogP contribution in [0.4, 0.5) is 0 Å². The molecule has 2 N–H and O–H groups in total. The first-order valence-electron chi connectivity index (χ1n) is 8.39. The van der Waals surface area contributed by atoms with Crippen molar-refractivity contribution in [2.45, 2.75) is 23.5 Å². The molecular formula is C18H22N2O4S. The molecule has 0 bridgehead atoms. The Hall–Kier alpha value is -2.12. The van der Waals surface area contributed by atoms with Crippen LogP contribution in [0.25, 0.3) is 0 Å². The lowest BCUT2D eigenvalue weighted by atomic mass is 10.1. The first-order valence-corrected chi connectivity index (χ1v) is 10.0. The number of amides is 1. The molecule has 7 heteroatoms. The normalized spacial score (nSPS) is 17.5. The molecule has 1 aliphatic heterocycles. The van der Waals surface area contributed by atoms with Crippen molar-refractivity contribution >= 4 is 15.7 Å². The molecule has 0 spiro atoms. The summed E-state index contributed by atoms with van der Waals surface area (Å²) < 4.78 is 30.2. The zero-order valence-electron chi connectivity index (χ0n) is 13.9. The van der Waals surface area contributed by atoms with E-state index in [2.05, 4.69) is 10.6 Å². The Kier molecular flexibility index (Phi) is 5.55. The predicted octanol–water partition coefficient (Wildman–Crippen LogP) is 1.98. The monoisotopic (exact) mass is 362 g/mol. The summed E-state index contributed by atoms with van der Waals surface area (Å²) in [7, 11) is -3.52. The zero-order chi connectivity index (χ0) is 17.7. The highest BCUT2D eigenvalue weighted by molar-refractivity contribution is 7.90. The summed E-state index contributed by atoms with van der Waals surface area (Å²) in [6.45, 7) is 2.56. The van der Waals surface area contributed by atoms with Crippen LogP contribution in [0.5, 0.6) is 0 Å². The summed E-state index contributed by atoms with van der Waals surface area (Å²) in [6, 6.07) is 9.74. The lowest BCUT2D eigenvalue weighted by Crippen LogP contribution is -2.27. The van der Waals surface area contributed by atoms with Crippen LogP contribution in [0.2, 0.25) is 0 Å². The van der Waals surface area contributed by atoms with Crippen molar-refractivity contribution in [3.8, 4) is 0 Å². The standard InChI is InChI=1S/C18H22N2O4S/c21-18(20-10-7-14-6-9-19-12-14)17-15(8-11-24-17)13-25(22,23)16-4-2-1-3-5-16/h1-5,8,11,14,19H,6-7,9-10,12-13H2,(H,20,21). The SMILES string of the molecule is O=C(NCCC1CCNC1)c1occc1CS(=O)(=O)c1ccccc1. The summed E-state index contributed by atoms with van der Waals surface area (Å²) in [5.41, 5.74) is 0.379. The zero-order valence-corrected chi connectivity index (χ0v) is 14.7. The Morgan fingerprint density at radius 3 is 2.76 bits per heavy atom. The van der Waals surface area contributed by atoms with Gasteiger partial charge in [-0.05, 0) is 50.0 Å². The van der Waals surface area contributed by atoms with Gasteiger partial charge in [0.25, 0.3) is 5.91 Å². The molecule has 1 amide bonds. The van der Waals surface area contributed by atoms with Crippen LogP contribution in [-0.4, -0.2) is 34.0 Å². The number of rotatable bonds is 7. The van der Waals surface area contributed by atoms with E-state index in [1.807, 2.05) is 0 Å². The fourth-order valence-electron chi connectivity index (χ4n) is 3.00. The molecule has 6 nitrogen and oxygen atoms in total. The van der Waals surface area contributed by atoms with Crippen LogP contribution >= 0.6 is 0 Å². The third-order valence-electron chi connectivity index (χ3n) is 4.40. The van der Waals surface area contributed by atoms with Gasteiger partial charge in [0.15, 0.2) is 15.6 Å². The maximum Gasteiger partial charge on any atom is 0.287 e. The molecule has 0 radical (unpaired) electrons. The van der Waals surface area contributed by atoms with E-state index in [9.17, 15) is 13.2 Å². The Balaban J connectivity index is 1.62. The fourth-order valence-corrected chi connectivity index (χ4v) is 4.37. The third-order valence-corrected chi connectivity index (χ3v) is 6.08. The van der Waals surface area contributed by atoms with Gasteiger partial charge in [0, 0.05) is 12.1 Å². The van der Waals surface area contributed by atoms with Crippen LogP contribution in [0.1, 0.15) is 29.0 Å². The molecule has 1 aromatic carbocycles. The summed E-state index contributed by atoms with van der Waals surface area (Å²) in [5.74, 6) is 0.0242. The van der Waals surface area contributed by atoms with Crippen LogP contribution < -0.4 is 10.6 Å². The minimum atomic E-state index is -3.52. The van der Waals surface area contributed by atoms with Gasteiger partial charge in [0.2, 0.25) is 0 Å². The first-order chi connectivity index (χ1) is 12.1. The minimum Gasteiger partial charge on any atom is -0.459 e. The number of carbonyl (C=O) groups is 1. The molecule has 1 fully saturated rings. The van der Waals surface area contributed by atoms with Gasteiger partial charge in [-0.25, -0.2) is 8.42 Å². The molecule has 3 rings (SSSR count). The van der Waals surface area contributed by atoms with Crippen molar-refractivity contribution < 1.29 is 17.6 Å². The molecule has 1 atom stereocenters. The second-order valence-corrected chi connectivity index (χ2v) is 8.24. The number of hydrogen-bond acceptors (Lipinski definition) is 5. The van der Waals surface area contributed by atoms with Gasteiger partial charge >= 0.3 is 0 Å². The molecule has 134 valence electrons. The van der Waals surface area contributed by atoms with E-state index in [0.29, 0.717) is 18.0 Å². The van der Waals surface area contributed by atoms with E-state index < -0.39 is 9.84 Å². The van der Waals surface area contributed by atoms with E-state index in [1.54, 1.807) is 30.3 Å². The summed E-state index contributed by atoms with van der Waals surface area (Å²) in [5, 5.41) is 6.11. The first kappa shape index (κ1) is 17.7. The predicted molar refractivity (Wildman–Crippen MR) is 94.0 cm³/mol. The molecule has 1 unspecified atom stereocenters. The lowest BCUT2D eigenvalue weighted by Gasteiger charge is -2.09. The van der Waals surface area contributed by atoms with Gasteiger partial charge in [-0.15, -0.1) is 0 Å². The third kappa shape index (κ3) is 4.49. The van der Waals surface area contributed by atoms with E-state index in [-0.39, 0.29) is 22.3 Å². The molecule has 0 saturated carbocycles. The summed E-state index contributed by atoms with van der Waals surface area (Å²) >= 11 is 0. The molecule has 1 aliphatic rings. The van der Waals surface area contributed by atoms with Crippen molar-refractivity contribution in [2.24, 2.45) is 5.92 Å². The highest BCUT2D eigenvalue weighted by Gasteiger charge is 2.22. The van der Waals surface area contributed by atoms with Crippen LogP contribution in [-0.2, 0) is 15.6 Å². The Morgan fingerprint density at radius 2 is 2.04 bits per heavy atom. The summed E-state index contributed by atoms with van der Waals surface area (Å²) in [4.78, 5) is 12.5. The lowest BCUT2D eigenvalue weighted by molar-refractivity contribution is 0.0923. The molecule has 25 heavy (non-hydrogen) atoms. The Labute approximate surface area is 147 Å². The number of benzene rings is 1. The van der Waals surface area contributed by atoms with E-state index in [1.165, 1.54) is 12.3 Å². The number of sulfone groups is 1. The van der Waals surface area contributed by atoms with Crippen LogP contribution in [0, 0.1) is 5.92 Å². The van der Waals surface area contributed by atoms with Crippen molar-refractivity contribution in [3.63, 3.8) is 0 Å². The van der Waals surface area contributed by atoms with E-state index >= 15 is 0 Å². The molecule has 0 aliphatic carbocycles. The van der Waals surface area contributed by atoms with Gasteiger partial charge in [0.05, 0.1) is 16.9 Å². The quantitative estimate of drug-likeness (QED) is 0.786. The number of furan rings is 1. The average Bonchev–Trinajstić information content (AvgIpc) is 3.27. The Morgan fingerprint density at radius 1 is 1.24 bits per heavy atom. The number of nitrogens with one attached hydrogen (secondary N) is 2. The fraction of sp³-hybridized carbons (Fsp3) is 0.389. The number of hydrogen-bond donors (Lipinski definition) is 2. The van der Waals surface area contributed by atoms with Crippen molar-refractivity contribution in [1.29, 1.82) is 0 Å². The van der Waals surface area contributed by atoms with Crippen molar-refractivity contribution in [3.05, 3.63) is 54.0 Å².